The Morgan fingerprint density at radius 3 is 2.56 bits per heavy atom. The van der Waals surface area contributed by atoms with Crippen LogP contribution in [0.25, 0.3) is 0 Å². The molecule has 0 saturated heterocycles. The van der Waals surface area contributed by atoms with Gasteiger partial charge in [-0.15, -0.1) is 0 Å². The lowest BCUT2D eigenvalue weighted by atomic mass is 10.2. The summed E-state index contributed by atoms with van der Waals surface area (Å²) in [5.41, 5.74) is 5.85. The lowest BCUT2D eigenvalue weighted by Gasteiger charge is -2.20. The lowest BCUT2D eigenvalue weighted by Crippen LogP contribution is -2.34. The number of nitrogens with two attached hydrogens (primary N) is 1. The molecule has 18 heavy (non-hydrogen) atoms. The summed E-state index contributed by atoms with van der Waals surface area (Å²) in [6.07, 6.45) is 0. The molecule has 0 spiro atoms. The highest BCUT2D eigenvalue weighted by Crippen LogP contribution is 2.19. The number of thiocarbonyl (C=S) groups is 1. The van der Waals surface area contributed by atoms with Crippen LogP contribution in [0.1, 0.15) is 12.5 Å². The Hall–Kier alpha value is -1.02. The van der Waals surface area contributed by atoms with Gasteiger partial charge < -0.3 is 10.8 Å². The van der Waals surface area contributed by atoms with Crippen molar-refractivity contribution in [3.8, 4) is 0 Å². The van der Waals surface area contributed by atoms with Gasteiger partial charge in [0, 0.05) is 18.7 Å². The number of rotatable bonds is 6. The molecule has 0 bridgehead atoms. The normalized spacial score (nSPS) is 11.7. The number of aliphatic hydroxyl groups is 1. The van der Waals surface area contributed by atoms with E-state index >= 15 is 0 Å². The summed E-state index contributed by atoms with van der Waals surface area (Å²) in [4.78, 5) is 0.113. The fraction of sp³-hybridized carbons (Fsp3) is 0.364. The fourth-order valence-electron chi connectivity index (χ4n) is 1.59. The third-order valence-corrected chi connectivity index (χ3v) is 4.72. The van der Waals surface area contributed by atoms with E-state index in [9.17, 15) is 8.42 Å². The van der Waals surface area contributed by atoms with Crippen molar-refractivity contribution in [3.05, 3.63) is 29.8 Å². The van der Waals surface area contributed by atoms with E-state index in [1.807, 2.05) is 0 Å². The molecule has 0 amide bonds. The Balaban J connectivity index is 3.32. The first-order valence-electron chi connectivity index (χ1n) is 5.45. The second-order valence-electron chi connectivity index (χ2n) is 3.58. The monoisotopic (exact) mass is 288 g/mol. The van der Waals surface area contributed by atoms with E-state index in [2.05, 4.69) is 0 Å². The Labute approximate surface area is 112 Å². The van der Waals surface area contributed by atoms with E-state index < -0.39 is 10.0 Å². The zero-order valence-corrected chi connectivity index (χ0v) is 11.7. The van der Waals surface area contributed by atoms with Crippen molar-refractivity contribution in [1.82, 2.24) is 4.31 Å². The fourth-order valence-corrected chi connectivity index (χ4v) is 3.48. The molecule has 0 fully saturated rings. The van der Waals surface area contributed by atoms with Gasteiger partial charge >= 0.3 is 0 Å². The van der Waals surface area contributed by atoms with E-state index in [1.165, 1.54) is 10.4 Å². The maximum Gasteiger partial charge on any atom is 0.243 e. The van der Waals surface area contributed by atoms with E-state index in [4.69, 9.17) is 23.1 Å². The molecule has 0 aliphatic carbocycles. The zero-order valence-electron chi connectivity index (χ0n) is 10.0. The predicted octanol–water partition coefficient (Wildman–Crippen LogP) is 0.324. The van der Waals surface area contributed by atoms with E-state index in [0.717, 1.165) is 0 Å². The van der Waals surface area contributed by atoms with E-state index in [0.29, 0.717) is 5.56 Å². The van der Waals surface area contributed by atoms with Crippen molar-refractivity contribution in [1.29, 1.82) is 0 Å². The maximum atomic E-state index is 12.4. The number of nitrogens with zero attached hydrogens (tertiary/aromatic N) is 1. The minimum atomic E-state index is -3.68. The van der Waals surface area contributed by atoms with Gasteiger partial charge in [0.05, 0.1) is 11.5 Å². The number of hydrogen-bond donors (Lipinski definition) is 2. The second kappa shape index (κ2) is 6.24. The standard InChI is InChI=1S/C11H16N2O3S2/c1-2-13(7-8-14)18(15,16)10-6-4-3-5-9(10)11(12)17/h3-6,14H,2,7-8H2,1H3,(H2,12,17). The number of likely N-dealkylation sites (N-methyl/N-ethyl adjacent to an activating group) is 1. The quantitative estimate of drug-likeness (QED) is 0.737. The number of sulfonamides is 1. The molecule has 0 aliphatic heterocycles. The molecule has 0 radical (unpaired) electrons. The first-order chi connectivity index (χ1) is 8.45. The van der Waals surface area contributed by atoms with Crippen LogP contribution in [0.3, 0.4) is 0 Å². The minimum Gasteiger partial charge on any atom is -0.395 e. The molecule has 3 N–H and O–H groups in total. The highest BCUT2D eigenvalue weighted by atomic mass is 32.2. The Bertz CT molecular complexity index is 529. The van der Waals surface area contributed by atoms with Gasteiger partial charge in [0.25, 0.3) is 0 Å². The SMILES string of the molecule is CCN(CCO)S(=O)(=O)c1ccccc1C(N)=S. The molecule has 7 heteroatoms. The Kier molecular flexibility index (Phi) is 5.21. The first kappa shape index (κ1) is 15.0. The Morgan fingerprint density at radius 1 is 1.44 bits per heavy atom. The highest BCUT2D eigenvalue weighted by Gasteiger charge is 2.25. The van der Waals surface area contributed by atoms with Crippen molar-refractivity contribution < 1.29 is 13.5 Å². The number of aliphatic hydroxyl groups excluding tert-OH is 1. The molecule has 0 saturated carbocycles. The molecule has 0 aromatic heterocycles. The van der Waals surface area contributed by atoms with Gasteiger partial charge in [-0.2, -0.15) is 4.31 Å². The minimum absolute atomic E-state index is 0.0363. The largest absolute Gasteiger partial charge is 0.395 e. The van der Waals surface area contributed by atoms with Crippen LogP contribution < -0.4 is 5.73 Å². The molecule has 0 atom stereocenters. The van der Waals surface area contributed by atoms with Gasteiger partial charge in [-0.3, -0.25) is 0 Å². The van der Waals surface area contributed by atoms with Crippen LogP contribution >= 0.6 is 12.2 Å². The summed E-state index contributed by atoms with van der Waals surface area (Å²) in [6, 6.07) is 6.32. The molecule has 0 unspecified atom stereocenters. The van der Waals surface area contributed by atoms with Crippen LogP contribution in [0.4, 0.5) is 0 Å². The van der Waals surface area contributed by atoms with Gasteiger partial charge in [0.2, 0.25) is 10.0 Å². The number of benzene rings is 1. The van der Waals surface area contributed by atoms with Crippen LogP contribution in [0, 0.1) is 0 Å². The molecular weight excluding hydrogens is 272 g/mol. The van der Waals surface area contributed by atoms with Crippen LogP contribution in [0.15, 0.2) is 29.2 Å². The topological polar surface area (TPSA) is 83.6 Å². The lowest BCUT2D eigenvalue weighted by molar-refractivity contribution is 0.257. The molecule has 0 aliphatic rings. The summed E-state index contributed by atoms with van der Waals surface area (Å²) < 4.78 is 25.9. The van der Waals surface area contributed by atoms with Gasteiger partial charge in [0.15, 0.2) is 0 Å². The summed E-state index contributed by atoms with van der Waals surface area (Å²) in [6.45, 7) is 1.79. The van der Waals surface area contributed by atoms with E-state index in [-0.39, 0.29) is 29.6 Å². The molecule has 1 aromatic rings. The molecule has 100 valence electrons. The maximum absolute atomic E-state index is 12.4. The molecular formula is C11H16N2O3S2. The van der Waals surface area contributed by atoms with Crippen molar-refractivity contribution in [2.45, 2.75) is 11.8 Å². The van der Waals surface area contributed by atoms with Crippen LogP contribution in [0.5, 0.6) is 0 Å². The van der Waals surface area contributed by atoms with Gasteiger partial charge in [0.1, 0.15) is 4.99 Å². The third kappa shape index (κ3) is 3.05. The third-order valence-electron chi connectivity index (χ3n) is 2.47. The average Bonchev–Trinajstić information content (AvgIpc) is 2.35. The molecule has 1 aromatic carbocycles. The summed E-state index contributed by atoms with van der Waals surface area (Å²) >= 11 is 4.85. The van der Waals surface area contributed by atoms with Gasteiger partial charge in [-0.25, -0.2) is 8.42 Å². The summed E-state index contributed by atoms with van der Waals surface area (Å²) in [5, 5.41) is 8.90. The van der Waals surface area contributed by atoms with Crippen molar-refractivity contribution in [2.24, 2.45) is 5.73 Å². The first-order valence-corrected chi connectivity index (χ1v) is 7.29. The molecule has 1 rings (SSSR count). The zero-order chi connectivity index (χ0) is 13.8. The van der Waals surface area contributed by atoms with Crippen molar-refractivity contribution >= 4 is 27.2 Å². The van der Waals surface area contributed by atoms with Crippen LogP contribution in [-0.2, 0) is 10.0 Å². The second-order valence-corrected chi connectivity index (χ2v) is 5.93. The molecule has 5 nitrogen and oxygen atoms in total. The van der Waals surface area contributed by atoms with Crippen LogP contribution in [0.2, 0.25) is 0 Å². The van der Waals surface area contributed by atoms with Gasteiger partial charge in [-0.05, 0) is 6.07 Å². The van der Waals surface area contributed by atoms with Crippen LogP contribution in [-0.4, -0.2) is 42.5 Å². The van der Waals surface area contributed by atoms with Gasteiger partial charge in [-0.1, -0.05) is 37.3 Å². The average molecular weight is 288 g/mol. The summed E-state index contributed by atoms with van der Waals surface area (Å²) in [5.74, 6) is 0. The van der Waals surface area contributed by atoms with E-state index in [1.54, 1.807) is 25.1 Å². The summed E-state index contributed by atoms with van der Waals surface area (Å²) in [7, 11) is -3.68. The number of hydrogen-bond acceptors (Lipinski definition) is 4. The smallest absolute Gasteiger partial charge is 0.243 e. The van der Waals surface area contributed by atoms with Crippen molar-refractivity contribution in [2.75, 3.05) is 19.7 Å². The Morgan fingerprint density at radius 2 is 2.06 bits per heavy atom. The van der Waals surface area contributed by atoms with Crippen molar-refractivity contribution in [3.63, 3.8) is 0 Å². The predicted molar refractivity (Wildman–Crippen MR) is 73.8 cm³/mol. The molecule has 0 heterocycles. The highest BCUT2D eigenvalue weighted by molar-refractivity contribution is 7.89.